The zero-order chi connectivity index (χ0) is 19.1. The van der Waals surface area contributed by atoms with Crippen molar-refractivity contribution in [1.82, 2.24) is 9.55 Å². The Hall–Kier alpha value is -2.69. The van der Waals surface area contributed by atoms with E-state index in [1.807, 2.05) is 47.0 Å². The van der Waals surface area contributed by atoms with Crippen LogP contribution in [0.2, 0.25) is 5.02 Å². The summed E-state index contributed by atoms with van der Waals surface area (Å²) in [7, 11) is 0. The molecule has 0 radical (unpaired) electrons. The number of hydrogen-bond donors (Lipinski definition) is 1. The first-order chi connectivity index (χ1) is 13.0. The first-order valence-corrected chi connectivity index (χ1v) is 9.04. The van der Waals surface area contributed by atoms with E-state index in [0.29, 0.717) is 21.7 Å². The van der Waals surface area contributed by atoms with Crippen LogP contribution in [0.25, 0.3) is 27.8 Å². The van der Waals surface area contributed by atoms with Crippen LogP contribution in [-0.4, -0.2) is 14.7 Å². The quantitative estimate of drug-likeness (QED) is 0.484. The Labute approximate surface area is 161 Å². The van der Waals surface area contributed by atoms with Gasteiger partial charge in [-0.2, -0.15) is 0 Å². The fourth-order valence-corrected chi connectivity index (χ4v) is 3.48. The van der Waals surface area contributed by atoms with E-state index in [4.69, 9.17) is 11.6 Å². The lowest BCUT2D eigenvalue weighted by Crippen LogP contribution is -1.95. The molecule has 3 nitrogen and oxygen atoms in total. The summed E-state index contributed by atoms with van der Waals surface area (Å²) in [6, 6.07) is 16.6. The number of rotatable bonds is 3. The topological polar surface area (TPSA) is 38.0 Å². The first kappa shape index (κ1) is 17.7. The van der Waals surface area contributed by atoms with E-state index in [0.717, 1.165) is 22.3 Å². The van der Waals surface area contributed by atoms with Crippen LogP contribution in [0.3, 0.4) is 0 Å². The minimum Gasteiger partial charge on any atom is -0.389 e. The lowest BCUT2D eigenvalue weighted by molar-refractivity contribution is 0.199. The molecule has 0 aliphatic heterocycles. The normalized spacial score (nSPS) is 12.5. The van der Waals surface area contributed by atoms with Gasteiger partial charge in [0.25, 0.3) is 0 Å². The molecule has 5 heteroatoms. The summed E-state index contributed by atoms with van der Waals surface area (Å²) < 4.78 is 16.6. The number of hydrogen-bond acceptors (Lipinski definition) is 2. The molecule has 4 rings (SSSR count). The second-order valence-corrected chi connectivity index (χ2v) is 7.05. The molecule has 0 amide bonds. The second kappa shape index (κ2) is 6.80. The van der Waals surface area contributed by atoms with Gasteiger partial charge in [-0.3, -0.25) is 4.57 Å². The summed E-state index contributed by atoms with van der Waals surface area (Å²) in [6.07, 6.45) is 1.18. The predicted molar refractivity (Wildman–Crippen MR) is 107 cm³/mol. The van der Waals surface area contributed by atoms with Crippen LogP contribution in [0.15, 0.2) is 60.9 Å². The van der Waals surface area contributed by atoms with Gasteiger partial charge < -0.3 is 5.11 Å². The van der Waals surface area contributed by atoms with Gasteiger partial charge in [0.05, 0.1) is 22.2 Å². The maximum absolute atomic E-state index is 14.7. The van der Waals surface area contributed by atoms with Crippen molar-refractivity contribution in [2.75, 3.05) is 0 Å². The number of halogens is 2. The standard InChI is InChI=1S/C22H18ClFN2O/c1-13-6-8-18(23)21(22(13)24)16-4-3-5-17(10-16)26-12-25-19-11-15(14(2)27)7-9-20(19)26/h3-12,14,27H,1-2H3/t14-/m0/s1. The molecular formula is C22H18ClFN2O. The Morgan fingerprint density at radius 1 is 1.11 bits per heavy atom. The van der Waals surface area contributed by atoms with E-state index in [-0.39, 0.29) is 5.82 Å². The monoisotopic (exact) mass is 380 g/mol. The molecular weight excluding hydrogens is 363 g/mol. The van der Waals surface area contributed by atoms with E-state index < -0.39 is 6.10 Å². The lowest BCUT2D eigenvalue weighted by atomic mass is 10.0. The number of imidazole rings is 1. The highest BCUT2D eigenvalue weighted by Crippen LogP contribution is 2.33. The van der Waals surface area contributed by atoms with Crippen molar-refractivity contribution in [2.24, 2.45) is 0 Å². The highest BCUT2D eigenvalue weighted by molar-refractivity contribution is 6.33. The Bertz CT molecular complexity index is 1150. The molecule has 4 aromatic rings. The molecule has 1 aromatic heterocycles. The Morgan fingerprint density at radius 2 is 1.93 bits per heavy atom. The molecule has 0 aliphatic carbocycles. The van der Waals surface area contributed by atoms with Crippen molar-refractivity contribution in [1.29, 1.82) is 0 Å². The van der Waals surface area contributed by atoms with E-state index in [2.05, 4.69) is 4.98 Å². The lowest BCUT2D eigenvalue weighted by Gasteiger charge is -2.11. The molecule has 27 heavy (non-hydrogen) atoms. The molecule has 136 valence electrons. The number of aliphatic hydroxyl groups excluding tert-OH is 1. The molecule has 0 saturated carbocycles. The fraction of sp³-hybridized carbons (Fsp3) is 0.136. The highest BCUT2D eigenvalue weighted by Gasteiger charge is 2.14. The molecule has 0 unspecified atom stereocenters. The van der Waals surface area contributed by atoms with E-state index in [1.54, 1.807) is 32.3 Å². The third kappa shape index (κ3) is 3.11. The summed E-state index contributed by atoms with van der Waals surface area (Å²) in [5, 5.41) is 10.1. The van der Waals surface area contributed by atoms with E-state index in [1.165, 1.54) is 0 Å². The molecule has 0 aliphatic rings. The molecule has 0 saturated heterocycles. The number of aromatic nitrogens is 2. The van der Waals surface area contributed by atoms with Crippen molar-refractivity contribution in [2.45, 2.75) is 20.0 Å². The fourth-order valence-electron chi connectivity index (χ4n) is 3.23. The smallest absolute Gasteiger partial charge is 0.135 e. The van der Waals surface area contributed by atoms with Crippen molar-refractivity contribution < 1.29 is 9.50 Å². The first-order valence-electron chi connectivity index (χ1n) is 8.66. The predicted octanol–water partition coefficient (Wildman–Crippen LogP) is 5.85. The minimum atomic E-state index is -0.547. The molecule has 0 spiro atoms. The van der Waals surface area contributed by atoms with Gasteiger partial charge in [-0.05, 0) is 60.9 Å². The zero-order valence-corrected chi connectivity index (χ0v) is 15.7. The average Bonchev–Trinajstić information content (AvgIpc) is 3.08. The minimum absolute atomic E-state index is 0.309. The third-order valence-electron chi connectivity index (χ3n) is 4.75. The van der Waals surface area contributed by atoms with E-state index >= 15 is 0 Å². The van der Waals surface area contributed by atoms with Crippen molar-refractivity contribution in [3.8, 4) is 16.8 Å². The number of nitrogens with zero attached hydrogens (tertiary/aromatic N) is 2. The van der Waals surface area contributed by atoms with Crippen molar-refractivity contribution >= 4 is 22.6 Å². The summed E-state index contributed by atoms with van der Waals surface area (Å²) >= 11 is 6.27. The number of aliphatic hydroxyl groups is 1. The van der Waals surface area contributed by atoms with Crippen LogP contribution < -0.4 is 0 Å². The van der Waals surface area contributed by atoms with Gasteiger partial charge in [0.1, 0.15) is 12.1 Å². The Morgan fingerprint density at radius 3 is 2.70 bits per heavy atom. The maximum atomic E-state index is 14.7. The van der Waals surface area contributed by atoms with Crippen LogP contribution in [0, 0.1) is 12.7 Å². The number of benzene rings is 3. The van der Waals surface area contributed by atoms with Crippen LogP contribution in [0.1, 0.15) is 24.2 Å². The van der Waals surface area contributed by atoms with Gasteiger partial charge in [0.2, 0.25) is 0 Å². The van der Waals surface area contributed by atoms with Crippen molar-refractivity contribution in [3.63, 3.8) is 0 Å². The largest absolute Gasteiger partial charge is 0.389 e. The maximum Gasteiger partial charge on any atom is 0.135 e. The van der Waals surface area contributed by atoms with Crippen LogP contribution in [0.5, 0.6) is 0 Å². The molecule has 1 N–H and O–H groups in total. The van der Waals surface area contributed by atoms with Crippen molar-refractivity contribution in [3.05, 3.63) is 82.9 Å². The van der Waals surface area contributed by atoms with Gasteiger partial charge in [-0.15, -0.1) is 0 Å². The summed E-state index contributed by atoms with van der Waals surface area (Å²) in [4.78, 5) is 4.44. The molecule has 1 atom stereocenters. The van der Waals surface area contributed by atoms with E-state index in [9.17, 15) is 9.50 Å². The summed E-state index contributed by atoms with van der Waals surface area (Å²) in [5.74, 6) is -0.309. The van der Waals surface area contributed by atoms with Gasteiger partial charge >= 0.3 is 0 Å². The summed E-state index contributed by atoms with van der Waals surface area (Å²) in [5.41, 5.74) is 5.04. The molecule has 0 bridgehead atoms. The van der Waals surface area contributed by atoms with Gasteiger partial charge in [-0.1, -0.05) is 35.9 Å². The van der Waals surface area contributed by atoms with Gasteiger partial charge in [0.15, 0.2) is 0 Å². The van der Waals surface area contributed by atoms with Gasteiger partial charge in [0, 0.05) is 11.3 Å². The number of fused-ring (bicyclic) bond motifs is 1. The van der Waals surface area contributed by atoms with Crippen LogP contribution >= 0.6 is 11.6 Å². The van der Waals surface area contributed by atoms with Crippen LogP contribution in [0.4, 0.5) is 4.39 Å². The molecule has 1 heterocycles. The van der Waals surface area contributed by atoms with Crippen LogP contribution in [-0.2, 0) is 0 Å². The molecule has 3 aromatic carbocycles. The Kier molecular flexibility index (Phi) is 4.46. The average molecular weight is 381 g/mol. The number of aryl methyl sites for hydroxylation is 1. The van der Waals surface area contributed by atoms with Gasteiger partial charge in [-0.25, -0.2) is 9.37 Å². The third-order valence-corrected chi connectivity index (χ3v) is 5.07. The zero-order valence-electron chi connectivity index (χ0n) is 14.9. The second-order valence-electron chi connectivity index (χ2n) is 6.64. The SMILES string of the molecule is Cc1ccc(Cl)c(-c2cccc(-n3cnc4cc([C@H](C)O)ccc43)c2)c1F. The Balaban J connectivity index is 1.85. The summed E-state index contributed by atoms with van der Waals surface area (Å²) in [6.45, 7) is 3.45. The highest BCUT2D eigenvalue weighted by atomic mass is 35.5. The molecule has 0 fully saturated rings.